The summed E-state index contributed by atoms with van der Waals surface area (Å²) in [6.07, 6.45) is 0. The zero-order valence-corrected chi connectivity index (χ0v) is 14.3. The van der Waals surface area contributed by atoms with Gasteiger partial charge in [-0.1, -0.05) is 35.4 Å². The van der Waals surface area contributed by atoms with Crippen molar-refractivity contribution in [2.45, 2.75) is 18.7 Å². The van der Waals surface area contributed by atoms with E-state index in [0.717, 1.165) is 11.1 Å². The van der Waals surface area contributed by atoms with Crippen LogP contribution in [0, 0.1) is 13.8 Å². The van der Waals surface area contributed by atoms with E-state index in [9.17, 15) is 13.2 Å². The van der Waals surface area contributed by atoms with Gasteiger partial charge in [-0.3, -0.25) is 4.79 Å². The number of nitrogens with one attached hydrogen (secondary N) is 2. The maximum absolute atomic E-state index is 12.1. The zero-order valence-electron chi connectivity index (χ0n) is 12.8. The third-order valence-corrected chi connectivity index (χ3v) is 4.82. The fourth-order valence-electron chi connectivity index (χ4n) is 2.03. The highest BCUT2D eigenvalue weighted by molar-refractivity contribution is 7.89. The third-order valence-electron chi connectivity index (χ3n) is 3.19. The van der Waals surface area contributed by atoms with Gasteiger partial charge in [0, 0.05) is 10.7 Å². The average Bonchev–Trinajstić information content (AvgIpc) is 2.48. The van der Waals surface area contributed by atoms with Gasteiger partial charge in [-0.2, -0.15) is 0 Å². The Labute approximate surface area is 140 Å². The third kappa shape index (κ3) is 4.79. The summed E-state index contributed by atoms with van der Waals surface area (Å²) in [4.78, 5) is 11.9. The van der Waals surface area contributed by atoms with E-state index in [1.165, 1.54) is 18.2 Å². The van der Waals surface area contributed by atoms with Gasteiger partial charge in [0.1, 0.15) is 0 Å². The van der Waals surface area contributed by atoms with E-state index in [1.807, 2.05) is 26.0 Å². The van der Waals surface area contributed by atoms with Crippen molar-refractivity contribution in [1.82, 2.24) is 4.72 Å². The summed E-state index contributed by atoms with van der Waals surface area (Å²) in [6, 6.07) is 11.4. The Bertz CT molecular complexity index is 835. The molecule has 0 atom stereocenters. The molecule has 5 nitrogen and oxygen atoms in total. The second-order valence-corrected chi connectivity index (χ2v) is 7.35. The molecule has 2 aromatic rings. The number of halogens is 1. The summed E-state index contributed by atoms with van der Waals surface area (Å²) in [5, 5.41) is 2.99. The minimum Gasteiger partial charge on any atom is -0.325 e. The highest BCUT2D eigenvalue weighted by atomic mass is 35.5. The maximum atomic E-state index is 12.1. The molecule has 0 spiro atoms. The molecule has 0 aliphatic carbocycles. The number of aryl methyl sites for hydroxylation is 2. The van der Waals surface area contributed by atoms with Gasteiger partial charge in [0.15, 0.2) is 0 Å². The lowest BCUT2D eigenvalue weighted by atomic mass is 10.1. The lowest BCUT2D eigenvalue weighted by Crippen LogP contribution is -2.33. The molecule has 0 heterocycles. The number of anilines is 1. The number of hydrogen-bond acceptors (Lipinski definition) is 3. The first-order valence-electron chi connectivity index (χ1n) is 6.90. The molecule has 23 heavy (non-hydrogen) atoms. The molecule has 0 bridgehead atoms. The molecule has 0 saturated carbocycles. The fourth-order valence-corrected chi connectivity index (χ4v) is 3.31. The second-order valence-electron chi connectivity index (χ2n) is 5.15. The van der Waals surface area contributed by atoms with Crippen molar-refractivity contribution >= 4 is 33.2 Å². The fraction of sp³-hybridized carbons (Fsp3) is 0.188. The van der Waals surface area contributed by atoms with Gasteiger partial charge in [0.25, 0.3) is 0 Å². The summed E-state index contributed by atoms with van der Waals surface area (Å²) < 4.78 is 26.5. The van der Waals surface area contributed by atoms with E-state index < -0.39 is 15.9 Å². The second kappa shape index (κ2) is 7.12. The molecular formula is C16H17ClN2O3S. The van der Waals surface area contributed by atoms with Gasteiger partial charge in [-0.25, -0.2) is 13.1 Å². The number of rotatable bonds is 5. The van der Waals surface area contributed by atoms with Gasteiger partial charge < -0.3 is 5.32 Å². The van der Waals surface area contributed by atoms with Crippen LogP contribution in [0.25, 0.3) is 0 Å². The first kappa shape index (κ1) is 17.5. The molecule has 0 fully saturated rings. The Morgan fingerprint density at radius 2 is 1.87 bits per heavy atom. The summed E-state index contributed by atoms with van der Waals surface area (Å²) in [6.45, 7) is 3.47. The predicted octanol–water partition coefficient (Wildman–Crippen LogP) is 2.87. The molecule has 2 N–H and O–H groups in total. The van der Waals surface area contributed by atoms with Crippen LogP contribution in [0.4, 0.5) is 5.69 Å². The summed E-state index contributed by atoms with van der Waals surface area (Å²) in [7, 11) is -3.78. The van der Waals surface area contributed by atoms with E-state index in [4.69, 9.17) is 11.6 Å². The van der Waals surface area contributed by atoms with Crippen LogP contribution in [0.2, 0.25) is 5.02 Å². The standard InChI is InChI=1S/C16H17ClN2O3S/c1-11-6-7-15(12(2)8-11)19-16(20)10-18-23(21,22)14-5-3-4-13(17)9-14/h3-9,18H,10H2,1-2H3,(H,19,20). The quantitative estimate of drug-likeness (QED) is 0.868. The van der Waals surface area contributed by atoms with Crippen molar-refractivity contribution in [3.63, 3.8) is 0 Å². The van der Waals surface area contributed by atoms with E-state index in [2.05, 4.69) is 10.0 Å². The van der Waals surface area contributed by atoms with Crippen LogP contribution in [0.1, 0.15) is 11.1 Å². The Morgan fingerprint density at radius 1 is 1.13 bits per heavy atom. The number of carbonyl (C=O) groups is 1. The summed E-state index contributed by atoms with van der Waals surface area (Å²) in [5.74, 6) is -0.442. The van der Waals surface area contributed by atoms with Crippen molar-refractivity contribution < 1.29 is 13.2 Å². The monoisotopic (exact) mass is 352 g/mol. The Balaban J connectivity index is 2.01. The van der Waals surface area contributed by atoms with E-state index in [1.54, 1.807) is 12.1 Å². The smallest absolute Gasteiger partial charge is 0.241 e. The van der Waals surface area contributed by atoms with Crippen LogP contribution < -0.4 is 10.0 Å². The number of sulfonamides is 1. The lowest BCUT2D eigenvalue weighted by Gasteiger charge is -2.10. The molecule has 0 saturated heterocycles. The molecule has 0 aromatic heterocycles. The van der Waals surface area contributed by atoms with Crippen LogP contribution in [0.15, 0.2) is 47.4 Å². The van der Waals surface area contributed by atoms with Gasteiger partial charge in [0.05, 0.1) is 11.4 Å². The molecular weight excluding hydrogens is 336 g/mol. The van der Waals surface area contributed by atoms with Crippen LogP contribution in [0.5, 0.6) is 0 Å². The molecule has 2 rings (SSSR count). The Hall–Kier alpha value is -1.89. The number of hydrogen-bond donors (Lipinski definition) is 2. The van der Waals surface area contributed by atoms with Gasteiger partial charge >= 0.3 is 0 Å². The first-order valence-corrected chi connectivity index (χ1v) is 8.76. The minimum atomic E-state index is -3.78. The SMILES string of the molecule is Cc1ccc(NC(=O)CNS(=O)(=O)c2cccc(Cl)c2)c(C)c1. The summed E-state index contributed by atoms with van der Waals surface area (Å²) >= 11 is 5.78. The largest absolute Gasteiger partial charge is 0.325 e. The number of carbonyl (C=O) groups excluding carboxylic acids is 1. The predicted molar refractivity (Wildman–Crippen MR) is 91.2 cm³/mol. The molecule has 0 aliphatic heterocycles. The molecule has 1 amide bonds. The number of benzene rings is 2. The minimum absolute atomic E-state index is 0.0179. The van der Waals surface area contributed by atoms with E-state index in [-0.39, 0.29) is 11.4 Å². The van der Waals surface area contributed by atoms with Crippen molar-refractivity contribution in [2.75, 3.05) is 11.9 Å². The van der Waals surface area contributed by atoms with Gasteiger partial charge in [0.2, 0.25) is 15.9 Å². The van der Waals surface area contributed by atoms with Crippen molar-refractivity contribution in [2.24, 2.45) is 0 Å². The van der Waals surface area contributed by atoms with Crippen LogP contribution in [-0.4, -0.2) is 20.9 Å². The molecule has 2 aromatic carbocycles. The Morgan fingerprint density at radius 3 is 2.52 bits per heavy atom. The van der Waals surface area contributed by atoms with E-state index in [0.29, 0.717) is 10.7 Å². The van der Waals surface area contributed by atoms with E-state index >= 15 is 0 Å². The highest BCUT2D eigenvalue weighted by Gasteiger charge is 2.16. The van der Waals surface area contributed by atoms with Crippen LogP contribution in [-0.2, 0) is 14.8 Å². The first-order chi connectivity index (χ1) is 10.8. The normalized spacial score (nSPS) is 11.3. The van der Waals surface area contributed by atoms with Crippen LogP contribution >= 0.6 is 11.6 Å². The lowest BCUT2D eigenvalue weighted by molar-refractivity contribution is -0.115. The maximum Gasteiger partial charge on any atom is 0.241 e. The topological polar surface area (TPSA) is 75.3 Å². The Kier molecular flexibility index (Phi) is 5.41. The highest BCUT2D eigenvalue weighted by Crippen LogP contribution is 2.16. The molecule has 7 heteroatoms. The van der Waals surface area contributed by atoms with Gasteiger partial charge in [-0.15, -0.1) is 0 Å². The molecule has 122 valence electrons. The zero-order chi connectivity index (χ0) is 17.0. The number of amides is 1. The van der Waals surface area contributed by atoms with Crippen molar-refractivity contribution in [3.8, 4) is 0 Å². The van der Waals surface area contributed by atoms with Crippen LogP contribution in [0.3, 0.4) is 0 Å². The molecule has 0 aliphatic rings. The summed E-state index contributed by atoms with van der Waals surface area (Å²) in [5.41, 5.74) is 2.65. The molecule has 0 radical (unpaired) electrons. The van der Waals surface area contributed by atoms with Gasteiger partial charge in [-0.05, 0) is 43.7 Å². The van der Waals surface area contributed by atoms with Crippen molar-refractivity contribution in [3.05, 3.63) is 58.6 Å². The van der Waals surface area contributed by atoms with Crippen molar-refractivity contribution in [1.29, 1.82) is 0 Å². The molecule has 0 unspecified atom stereocenters. The average molecular weight is 353 g/mol.